The van der Waals surface area contributed by atoms with Gasteiger partial charge in [0.2, 0.25) is 0 Å². The maximum atomic E-state index is 15.1. The highest BCUT2D eigenvalue weighted by Gasteiger charge is 2.28. The van der Waals surface area contributed by atoms with Crippen LogP contribution in [0, 0.1) is 12.7 Å². The number of benzene rings is 2. The van der Waals surface area contributed by atoms with Gasteiger partial charge in [0, 0.05) is 16.6 Å². The summed E-state index contributed by atoms with van der Waals surface area (Å²) in [5.74, 6) is 0.0122. The molecule has 0 aliphatic heterocycles. The van der Waals surface area contributed by atoms with Crippen LogP contribution in [0.25, 0.3) is 38.2 Å². The van der Waals surface area contributed by atoms with Crippen LogP contribution >= 0.6 is 11.3 Å². The molecule has 1 saturated carbocycles. The van der Waals surface area contributed by atoms with Gasteiger partial charge in [-0.05, 0) is 61.6 Å². The van der Waals surface area contributed by atoms with Crippen LogP contribution in [0.5, 0.6) is 5.75 Å². The van der Waals surface area contributed by atoms with E-state index in [0.29, 0.717) is 34.3 Å². The van der Waals surface area contributed by atoms with Crippen molar-refractivity contribution < 1.29 is 9.13 Å². The van der Waals surface area contributed by atoms with Crippen LogP contribution in [0.4, 0.5) is 10.2 Å². The molecule has 1 atom stereocenters. The van der Waals surface area contributed by atoms with Gasteiger partial charge in [-0.2, -0.15) is 5.10 Å². The summed E-state index contributed by atoms with van der Waals surface area (Å²) >= 11 is 1.52. The van der Waals surface area contributed by atoms with Gasteiger partial charge in [-0.3, -0.25) is 9.20 Å². The average Bonchev–Trinajstić information content (AvgIpc) is 3.60. The van der Waals surface area contributed by atoms with Gasteiger partial charge >= 0.3 is 0 Å². The molecule has 0 saturated heterocycles. The molecule has 0 unspecified atom stereocenters. The highest BCUT2D eigenvalue weighted by atomic mass is 32.1. The van der Waals surface area contributed by atoms with E-state index >= 15 is 4.39 Å². The Labute approximate surface area is 238 Å². The van der Waals surface area contributed by atoms with Crippen LogP contribution in [-0.4, -0.2) is 30.3 Å². The number of ether oxygens (including phenoxy) is 1. The lowest BCUT2D eigenvalue weighted by Crippen LogP contribution is -2.22. The van der Waals surface area contributed by atoms with Crippen molar-refractivity contribution >= 4 is 33.0 Å². The summed E-state index contributed by atoms with van der Waals surface area (Å²) < 4.78 is 24.4. The van der Waals surface area contributed by atoms with Crippen molar-refractivity contribution in [3.05, 3.63) is 93.7 Å². The van der Waals surface area contributed by atoms with Crippen molar-refractivity contribution in [1.29, 1.82) is 0 Å². The number of aryl methyl sites for hydroxylation is 1. The molecule has 6 aromatic rings. The summed E-state index contributed by atoms with van der Waals surface area (Å²) in [5, 5.41) is 7.50. The number of rotatable bonds is 7. The number of halogens is 1. The van der Waals surface area contributed by atoms with Crippen LogP contribution in [0.1, 0.15) is 43.5 Å². The van der Waals surface area contributed by atoms with Gasteiger partial charge in [-0.15, -0.1) is 11.3 Å². The van der Waals surface area contributed by atoms with Crippen molar-refractivity contribution in [2.75, 3.05) is 5.73 Å². The SMILES string of the molecule is CC[C@@H](c1cc2scc(C)n2c(=O)c1-c1ccccc1)n1nc(-c2ccc(OC3CC3)c(F)c2)c2c(N)ncnc21. The first-order valence-electron chi connectivity index (χ1n) is 13.6. The number of pyridine rings is 1. The van der Waals surface area contributed by atoms with Gasteiger partial charge in [0.25, 0.3) is 5.56 Å². The smallest absolute Gasteiger partial charge is 0.264 e. The molecule has 4 aromatic heterocycles. The number of nitrogens with two attached hydrogens (primary N) is 1. The largest absolute Gasteiger partial charge is 0.487 e. The molecule has 0 spiro atoms. The van der Waals surface area contributed by atoms with Crippen molar-refractivity contribution in [1.82, 2.24) is 24.1 Å². The molecule has 1 fully saturated rings. The maximum absolute atomic E-state index is 15.1. The summed E-state index contributed by atoms with van der Waals surface area (Å²) in [7, 11) is 0. The summed E-state index contributed by atoms with van der Waals surface area (Å²) in [5.41, 5.74) is 11.0. The molecular formula is C31H27FN6O2S. The number of nitrogen functional groups attached to an aromatic ring is 1. The van der Waals surface area contributed by atoms with Crippen LogP contribution in [0.2, 0.25) is 0 Å². The normalized spacial score (nSPS) is 14.1. The Morgan fingerprint density at radius 3 is 2.66 bits per heavy atom. The quantitative estimate of drug-likeness (QED) is 0.240. The van der Waals surface area contributed by atoms with E-state index in [9.17, 15) is 4.79 Å². The minimum atomic E-state index is -0.461. The second-order valence-electron chi connectivity index (χ2n) is 10.3. The Morgan fingerprint density at radius 1 is 1.12 bits per heavy atom. The Kier molecular flexibility index (Phi) is 6.08. The van der Waals surface area contributed by atoms with E-state index in [4.69, 9.17) is 15.6 Å². The molecule has 0 bridgehead atoms. The molecule has 41 heavy (non-hydrogen) atoms. The van der Waals surface area contributed by atoms with Crippen LogP contribution in [0.3, 0.4) is 0 Å². The minimum absolute atomic E-state index is 0.0806. The summed E-state index contributed by atoms with van der Waals surface area (Å²) in [6.45, 7) is 3.98. The third-order valence-corrected chi connectivity index (χ3v) is 8.55. The summed E-state index contributed by atoms with van der Waals surface area (Å²) in [6.07, 6.45) is 3.97. The fraction of sp³-hybridized carbons (Fsp3) is 0.226. The Morgan fingerprint density at radius 2 is 1.93 bits per heavy atom. The van der Waals surface area contributed by atoms with E-state index in [-0.39, 0.29) is 29.3 Å². The minimum Gasteiger partial charge on any atom is -0.487 e. The first-order valence-corrected chi connectivity index (χ1v) is 14.5. The van der Waals surface area contributed by atoms with Gasteiger partial charge < -0.3 is 10.5 Å². The zero-order chi connectivity index (χ0) is 28.2. The molecule has 2 N–H and O–H groups in total. The molecule has 7 rings (SSSR count). The van der Waals surface area contributed by atoms with Gasteiger partial charge in [-0.25, -0.2) is 19.0 Å². The molecule has 0 amide bonds. The lowest BCUT2D eigenvalue weighted by atomic mass is 9.95. The number of aromatic nitrogens is 5. The van der Waals surface area contributed by atoms with E-state index in [1.165, 1.54) is 23.7 Å². The van der Waals surface area contributed by atoms with Gasteiger partial charge in [0.1, 0.15) is 22.7 Å². The molecular weight excluding hydrogens is 539 g/mol. The molecule has 0 radical (unpaired) electrons. The predicted octanol–water partition coefficient (Wildman–Crippen LogP) is 6.41. The van der Waals surface area contributed by atoms with Crippen molar-refractivity contribution in [2.24, 2.45) is 0 Å². The third-order valence-electron chi connectivity index (χ3n) is 7.55. The van der Waals surface area contributed by atoms with Crippen LogP contribution < -0.4 is 16.0 Å². The molecule has 206 valence electrons. The standard InChI is InChI=1S/C31H27FN6O2S/c1-3-23(21-14-25-37(17(2)15-41-25)31(39)26(21)18-7-5-4-6-8-18)38-30-27(29(33)34-16-35-30)28(36-38)19-9-12-24(22(32)13-19)40-20-10-11-20/h4-9,12-16,20,23H,3,10-11H2,1-2H3,(H2,33,34,35)/t23-/m0/s1. The maximum Gasteiger partial charge on any atom is 0.264 e. The van der Waals surface area contributed by atoms with Crippen molar-refractivity contribution in [3.8, 4) is 28.1 Å². The lowest BCUT2D eigenvalue weighted by Gasteiger charge is -2.21. The number of fused-ring (bicyclic) bond motifs is 2. The Bertz CT molecular complexity index is 1990. The molecule has 1 aliphatic carbocycles. The average molecular weight is 567 g/mol. The predicted molar refractivity (Wildman–Crippen MR) is 159 cm³/mol. The molecule has 10 heteroatoms. The molecule has 1 aliphatic rings. The van der Waals surface area contributed by atoms with Crippen LogP contribution in [0.15, 0.2) is 71.1 Å². The van der Waals surface area contributed by atoms with Crippen LogP contribution in [-0.2, 0) is 0 Å². The van der Waals surface area contributed by atoms with E-state index in [1.807, 2.05) is 49.6 Å². The zero-order valence-corrected chi connectivity index (χ0v) is 23.4. The first-order chi connectivity index (χ1) is 19.9. The van der Waals surface area contributed by atoms with E-state index in [2.05, 4.69) is 16.0 Å². The van der Waals surface area contributed by atoms with E-state index in [1.54, 1.807) is 21.2 Å². The number of hydrogen-bond acceptors (Lipinski definition) is 7. The summed E-state index contributed by atoms with van der Waals surface area (Å²) in [6, 6.07) is 16.2. The fourth-order valence-corrected chi connectivity index (χ4v) is 6.35. The zero-order valence-electron chi connectivity index (χ0n) is 22.5. The van der Waals surface area contributed by atoms with Gasteiger partial charge in [0.15, 0.2) is 17.2 Å². The van der Waals surface area contributed by atoms with Crippen molar-refractivity contribution in [3.63, 3.8) is 0 Å². The molecule has 2 aromatic carbocycles. The van der Waals surface area contributed by atoms with Gasteiger partial charge in [-0.1, -0.05) is 37.3 Å². The second-order valence-corrected chi connectivity index (χ2v) is 11.2. The monoisotopic (exact) mass is 566 g/mol. The Balaban J connectivity index is 1.45. The number of anilines is 1. The highest BCUT2D eigenvalue weighted by Crippen LogP contribution is 2.38. The summed E-state index contributed by atoms with van der Waals surface area (Å²) in [4.78, 5) is 23.7. The number of thiazole rings is 1. The fourth-order valence-electron chi connectivity index (χ4n) is 5.43. The second kappa shape index (κ2) is 9.81. The molecule has 4 heterocycles. The topological polar surface area (TPSA) is 100 Å². The third kappa shape index (κ3) is 4.26. The highest BCUT2D eigenvalue weighted by molar-refractivity contribution is 7.15. The first kappa shape index (κ1) is 25.4. The number of hydrogen-bond donors (Lipinski definition) is 1. The molecule has 8 nitrogen and oxygen atoms in total. The van der Waals surface area contributed by atoms with Crippen molar-refractivity contribution in [2.45, 2.75) is 45.3 Å². The number of nitrogens with zero attached hydrogens (tertiary/aromatic N) is 5. The lowest BCUT2D eigenvalue weighted by molar-refractivity contribution is 0.287. The van der Waals surface area contributed by atoms with Gasteiger partial charge in [0.05, 0.1) is 23.1 Å². The Hall–Kier alpha value is -4.57. The van der Waals surface area contributed by atoms with E-state index in [0.717, 1.165) is 34.5 Å². The van der Waals surface area contributed by atoms with E-state index < -0.39 is 5.82 Å².